The van der Waals surface area contributed by atoms with Gasteiger partial charge in [0.15, 0.2) is 0 Å². The number of halogens is 6. The van der Waals surface area contributed by atoms with Crippen LogP contribution in [0.4, 0.5) is 0 Å². The Bertz CT molecular complexity index is 924. The third kappa shape index (κ3) is 4.82. The van der Waals surface area contributed by atoms with Crippen molar-refractivity contribution in [1.82, 2.24) is 20.4 Å². The van der Waals surface area contributed by atoms with E-state index in [-0.39, 0.29) is 23.6 Å². The Hall–Kier alpha value is -1.02. The van der Waals surface area contributed by atoms with Crippen LogP contribution in [-0.2, 0) is 7.59 Å². The Labute approximate surface area is 177 Å². The first-order chi connectivity index (χ1) is 12.1. The summed E-state index contributed by atoms with van der Waals surface area (Å²) >= 11 is 34.1. The summed E-state index contributed by atoms with van der Waals surface area (Å²) in [5.41, 5.74) is 1.50. The molecule has 0 atom stereocenters. The van der Waals surface area contributed by atoms with E-state index in [0.717, 1.165) is 5.56 Å². The van der Waals surface area contributed by atoms with Crippen molar-refractivity contribution in [3.63, 3.8) is 0 Å². The summed E-state index contributed by atoms with van der Waals surface area (Å²) in [5, 5.41) is 15.0. The van der Waals surface area contributed by atoms with Gasteiger partial charge < -0.3 is 8.83 Å². The van der Waals surface area contributed by atoms with Crippen molar-refractivity contribution in [3.8, 4) is 11.5 Å². The predicted octanol–water partition coefficient (Wildman–Crippen LogP) is 5.94. The Balaban J connectivity index is 1.73. The Morgan fingerprint density at radius 3 is 1.81 bits per heavy atom. The minimum Gasteiger partial charge on any atom is -0.417 e. The molecule has 0 fully saturated rings. The maximum absolute atomic E-state index is 5.69. The van der Waals surface area contributed by atoms with Gasteiger partial charge in [-0.3, -0.25) is 0 Å². The zero-order valence-electron chi connectivity index (χ0n) is 12.3. The van der Waals surface area contributed by atoms with E-state index in [1.807, 2.05) is 0 Å². The molecule has 1 aromatic carbocycles. The van der Waals surface area contributed by atoms with Gasteiger partial charge >= 0.3 is 0 Å². The highest BCUT2D eigenvalue weighted by atomic mass is 35.6. The molecule has 26 heavy (non-hydrogen) atoms. The molecule has 0 saturated heterocycles. The van der Waals surface area contributed by atoms with Crippen molar-refractivity contribution in [2.24, 2.45) is 0 Å². The maximum Gasteiger partial charge on any atom is 0.268 e. The highest BCUT2D eigenvalue weighted by molar-refractivity contribution is 6.66. The molecule has 3 aromatic rings. The van der Waals surface area contributed by atoms with Crippen LogP contribution in [0, 0.1) is 0 Å². The van der Waals surface area contributed by atoms with Gasteiger partial charge in [0, 0.05) is 11.6 Å². The van der Waals surface area contributed by atoms with E-state index in [4.69, 9.17) is 78.4 Å². The van der Waals surface area contributed by atoms with Crippen LogP contribution in [0.1, 0.15) is 23.2 Å². The molecule has 0 spiro atoms. The first-order valence-corrected chi connectivity index (χ1v) is 8.99. The third-order valence-corrected chi connectivity index (χ3v) is 3.90. The van der Waals surface area contributed by atoms with Crippen molar-refractivity contribution in [2.75, 3.05) is 0 Å². The molecule has 0 aliphatic heterocycles. The van der Waals surface area contributed by atoms with Gasteiger partial charge in [-0.15, -0.1) is 20.4 Å². The Kier molecular flexibility index (Phi) is 5.72. The van der Waals surface area contributed by atoms with Crippen molar-refractivity contribution >= 4 is 81.8 Å². The minimum atomic E-state index is -1.77. The zero-order chi connectivity index (χ0) is 18.9. The van der Waals surface area contributed by atoms with Crippen LogP contribution in [0.25, 0.3) is 23.6 Å². The third-order valence-electron chi connectivity index (χ3n) is 2.93. The first kappa shape index (κ1) is 19.7. The monoisotopic (exact) mass is 472 g/mol. The molecular weight excluding hydrogens is 469 g/mol. The van der Waals surface area contributed by atoms with Gasteiger partial charge in [-0.25, -0.2) is 0 Å². The molecule has 0 bridgehead atoms. The van der Waals surface area contributed by atoms with Crippen LogP contribution in [-0.4, -0.2) is 20.4 Å². The second-order valence-corrected chi connectivity index (χ2v) is 9.37. The van der Waals surface area contributed by atoms with Crippen LogP contribution in [0.5, 0.6) is 0 Å². The van der Waals surface area contributed by atoms with E-state index in [1.54, 1.807) is 36.4 Å². The van der Waals surface area contributed by atoms with Gasteiger partial charge in [-0.1, -0.05) is 81.7 Å². The normalized spacial score (nSPS) is 12.8. The lowest BCUT2D eigenvalue weighted by Gasteiger charge is -2.02. The minimum absolute atomic E-state index is 0.109. The quantitative estimate of drug-likeness (QED) is 0.437. The van der Waals surface area contributed by atoms with Crippen LogP contribution in [0.3, 0.4) is 0 Å². The molecule has 3 rings (SSSR count). The first-order valence-electron chi connectivity index (χ1n) is 6.73. The molecule has 6 nitrogen and oxygen atoms in total. The van der Waals surface area contributed by atoms with Crippen LogP contribution < -0.4 is 0 Å². The number of alkyl halides is 6. The van der Waals surface area contributed by atoms with E-state index >= 15 is 0 Å². The fourth-order valence-corrected chi connectivity index (χ4v) is 2.23. The number of benzene rings is 1. The largest absolute Gasteiger partial charge is 0.417 e. The van der Waals surface area contributed by atoms with Gasteiger partial charge in [0.05, 0.1) is 0 Å². The average molecular weight is 475 g/mol. The van der Waals surface area contributed by atoms with Gasteiger partial charge in [0.2, 0.25) is 11.8 Å². The molecule has 0 aliphatic rings. The number of hydrogen-bond donors (Lipinski definition) is 0. The van der Waals surface area contributed by atoms with Gasteiger partial charge in [0.25, 0.3) is 19.4 Å². The number of hydrogen-bond acceptors (Lipinski definition) is 6. The number of rotatable bonds is 3. The number of nitrogens with zero attached hydrogens (tertiary/aromatic N) is 4. The molecule has 136 valence electrons. The second-order valence-electron chi connectivity index (χ2n) is 4.81. The standard InChI is InChI=1S/C14H6Cl6N4O2/c15-13(16,17)11-23-21-9(25-11)6-3-7-1-4-8(5-2-7)10-22-24-12(26-10)14(18,19)20/h1-6H. The second kappa shape index (κ2) is 7.54. The zero-order valence-corrected chi connectivity index (χ0v) is 16.9. The average Bonchev–Trinajstić information content (AvgIpc) is 3.22. The Morgan fingerprint density at radius 2 is 1.27 bits per heavy atom. The Morgan fingerprint density at radius 1 is 0.692 bits per heavy atom. The molecule has 0 saturated carbocycles. The van der Waals surface area contributed by atoms with Crippen molar-refractivity contribution < 1.29 is 8.83 Å². The molecule has 2 heterocycles. The molecule has 0 aliphatic carbocycles. The topological polar surface area (TPSA) is 77.8 Å². The summed E-state index contributed by atoms with van der Waals surface area (Å²) in [7, 11) is 0. The predicted molar refractivity (Wildman–Crippen MR) is 101 cm³/mol. The lowest BCUT2D eigenvalue weighted by molar-refractivity contribution is 0.493. The molecule has 0 unspecified atom stereocenters. The van der Waals surface area contributed by atoms with Crippen molar-refractivity contribution in [1.29, 1.82) is 0 Å². The summed E-state index contributed by atoms with van der Waals surface area (Å²) in [6.45, 7) is 0. The highest BCUT2D eigenvalue weighted by Gasteiger charge is 2.31. The van der Waals surface area contributed by atoms with E-state index in [2.05, 4.69) is 20.4 Å². The van der Waals surface area contributed by atoms with Crippen molar-refractivity contribution in [3.05, 3.63) is 47.5 Å². The molecule has 2 aromatic heterocycles. The highest BCUT2D eigenvalue weighted by Crippen LogP contribution is 2.38. The van der Waals surface area contributed by atoms with E-state index in [1.165, 1.54) is 0 Å². The van der Waals surface area contributed by atoms with Gasteiger partial charge in [-0.05, 0) is 23.8 Å². The summed E-state index contributed by atoms with van der Waals surface area (Å²) in [4.78, 5) is 0. The summed E-state index contributed by atoms with van der Waals surface area (Å²) in [6, 6.07) is 7.13. The van der Waals surface area contributed by atoms with Crippen LogP contribution in [0.15, 0.2) is 33.1 Å². The van der Waals surface area contributed by atoms with Crippen LogP contribution in [0.2, 0.25) is 0 Å². The lowest BCUT2D eigenvalue weighted by atomic mass is 10.1. The van der Waals surface area contributed by atoms with Gasteiger partial charge in [0.1, 0.15) is 0 Å². The molecular formula is C14H6Cl6N4O2. The van der Waals surface area contributed by atoms with Crippen LogP contribution >= 0.6 is 69.6 Å². The molecule has 0 N–H and O–H groups in total. The SMILES string of the molecule is ClC(Cl)(Cl)c1nnc(C=Cc2ccc(-c3nnc(C(Cl)(Cl)Cl)o3)cc2)o1. The fourth-order valence-electron chi connectivity index (χ4n) is 1.78. The molecule has 0 radical (unpaired) electrons. The molecule has 0 amide bonds. The van der Waals surface area contributed by atoms with E-state index < -0.39 is 7.59 Å². The summed E-state index contributed by atoms with van der Waals surface area (Å²) < 4.78 is 7.01. The maximum atomic E-state index is 5.69. The van der Waals surface area contributed by atoms with Gasteiger partial charge in [-0.2, -0.15) is 0 Å². The van der Waals surface area contributed by atoms with E-state index in [9.17, 15) is 0 Å². The van der Waals surface area contributed by atoms with Crippen molar-refractivity contribution in [2.45, 2.75) is 7.59 Å². The lowest BCUT2D eigenvalue weighted by Crippen LogP contribution is -1.99. The van der Waals surface area contributed by atoms with E-state index in [0.29, 0.717) is 5.56 Å². The summed E-state index contributed by atoms with van der Waals surface area (Å²) in [6.07, 6.45) is 3.32. The number of aromatic nitrogens is 4. The fraction of sp³-hybridized carbons (Fsp3) is 0.143. The molecule has 12 heteroatoms. The summed E-state index contributed by atoms with van der Waals surface area (Å²) in [5.74, 6) is 0.201. The smallest absolute Gasteiger partial charge is 0.268 e.